The van der Waals surface area contributed by atoms with E-state index >= 15 is 0 Å². The Hall–Kier alpha value is -2.55. The third kappa shape index (κ3) is 4.95. The summed E-state index contributed by atoms with van der Waals surface area (Å²) < 4.78 is 7.31. The van der Waals surface area contributed by atoms with Gasteiger partial charge in [0, 0.05) is 45.0 Å². The minimum atomic E-state index is 0. The predicted molar refractivity (Wildman–Crippen MR) is 131 cm³/mol. The normalized spacial score (nSPS) is 16.3. The monoisotopic (exact) mass is 517 g/mol. The lowest BCUT2D eigenvalue weighted by molar-refractivity contribution is 0.414. The van der Waals surface area contributed by atoms with Crippen LogP contribution < -0.4 is 10.1 Å². The Morgan fingerprint density at radius 3 is 2.70 bits per heavy atom. The van der Waals surface area contributed by atoms with E-state index in [9.17, 15) is 0 Å². The van der Waals surface area contributed by atoms with Crippen molar-refractivity contribution in [3.63, 3.8) is 0 Å². The molecule has 1 unspecified atom stereocenters. The molecule has 1 aliphatic rings. The Kier molecular flexibility index (Phi) is 7.73. The number of nitrogens with one attached hydrogen (secondary N) is 1. The van der Waals surface area contributed by atoms with Crippen LogP contribution in [0.15, 0.2) is 72.2 Å². The van der Waals surface area contributed by atoms with Gasteiger partial charge in [-0.25, -0.2) is 4.98 Å². The Morgan fingerprint density at radius 1 is 1.20 bits per heavy atom. The van der Waals surface area contributed by atoms with Gasteiger partial charge < -0.3 is 19.5 Å². The Labute approximate surface area is 195 Å². The number of halogens is 1. The van der Waals surface area contributed by atoms with Crippen molar-refractivity contribution in [2.24, 2.45) is 4.99 Å². The number of guanidine groups is 1. The molecule has 1 N–H and O–H groups in total. The zero-order valence-electron chi connectivity index (χ0n) is 17.4. The minimum absolute atomic E-state index is 0. The van der Waals surface area contributed by atoms with Gasteiger partial charge in [-0.3, -0.25) is 4.99 Å². The maximum atomic E-state index is 5.27. The zero-order valence-corrected chi connectivity index (χ0v) is 19.7. The van der Waals surface area contributed by atoms with E-state index in [1.807, 2.05) is 42.3 Å². The largest absolute Gasteiger partial charge is 0.497 e. The number of hydrogen-bond acceptors (Lipinski definition) is 3. The number of nitrogens with zero attached hydrogens (tertiary/aromatic N) is 4. The van der Waals surface area contributed by atoms with Gasteiger partial charge in [0.15, 0.2) is 5.96 Å². The lowest BCUT2D eigenvalue weighted by Gasteiger charge is -2.22. The van der Waals surface area contributed by atoms with Crippen LogP contribution in [0.3, 0.4) is 0 Å². The van der Waals surface area contributed by atoms with Gasteiger partial charge in [0.1, 0.15) is 5.75 Å². The third-order valence-electron chi connectivity index (χ3n) is 5.50. The number of aromatic nitrogens is 2. The molecule has 1 atom stereocenters. The lowest BCUT2D eigenvalue weighted by Crippen LogP contribution is -2.39. The van der Waals surface area contributed by atoms with Gasteiger partial charge in [0.2, 0.25) is 0 Å². The summed E-state index contributed by atoms with van der Waals surface area (Å²) in [5.41, 5.74) is 3.69. The minimum Gasteiger partial charge on any atom is -0.497 e. The van der Waals surface area contributed by atoms with E-state index < -0.39 is 0 Å². The SMILES string of the molecule is CN=C(NCc1ccccc1-n1ccnc1)N1CCC(c2ccc(OC)cc2)C1.I. The van der Waals surface area contributed by atoms with Crippen molar-refractivity contribution in [2.75, 3.05) is 27.2 Å². The molecule has 0 spiro atoms. The number of ether oxygens (including phenoxy) is 1. The van der Waals surface area contributed by atoms with Gasteiger partial charge in [-0.15, -0.1) is 24.0 Å². The first kappa shape index (κ1) is 22.1. The first-order valence-electron chi connectivity index (χ1n) is 9.94. The summed E-state index contributed by atoms with van der Waals surface area (Å²) in [7, 11) is 3.55. The molecule has 2 aromatic carbocycles. The highest BCUT2D eigenvalue weighted by atomic mass is 127. The molecule has 0 aliphatic carbocycles. The maximum absolute atomic E-state index is 5.27. The van der Waals surface area contributed by atoms with Gasteiger partial charge in [0.25, 0.3) is 0 Å². The highest BCUT2D eigenvalue weighted by Crippen LogP contribution is 2.28. The topological polar surface area (TPSA) is 54.7 Å². The number of aliphatic imine (C=N–C) groups is 1. The second kappa shape index (κ2) is 10.5. The van der Waals surface area contributed by atoms with Crippen LogP contribution in [0.4, 0.5) is 0 Å². The van der Waals surface area contributed by atoms with Crippen LogP contribution in [0, 0.1) is 0 Å². The fraction of sp³-hybridized carbons (Fsp3) is 0.304. The molecule has 6 nitrogen and oxygen atoms in total. The molecule has 2 heterocycles. The molecule has 0 bridgehead atoms. The number of methoxy groups -OCH3 is 1. The summed E-state index contributed by atoms with van der Waals surface area (Å²) in [6.07, 6.45) is 6.71. The summed E-state index contributed by atoms with van der Waals surface area (Å²) in [5, 5.41) is 3.54. The third-order valence-corrected chi connectivity index (χ3v) is 5.50. The van der Waals surface area contributed by atoms with Gasteiger partial charge in [-0.05, 0) is 35.7 Å². The molecule has 0 radical (unpaired) electrons. The van der Waals surface area contributed by atoms with Crippen molar-refractivity contribution in [3.05, 3.63) is 78.4 Å². The van der Waals surface area contributed by atoms with Crippen LogP contribution in [-0.2, 0) is 6.54 Å². The number of para-hydroxylation sites is 1. The standard InChI is InChI=1S/C23H27N5O.HI/c1-24-23(26-15-19-5-3-4-6-22(19)28-14-12-25-17-28)27-13-11-20(16-27)18-7-9-21(29-2)10-8-18;/h3-10,12,14,17,20H,11,13,15-16H2,1-2H3,(H,24,26);1H. The van der Waals surface area contributed by atoms with Crippen LogP contribution >= 0.6 is 24.0 Å². The van der Waals surface area contributed by atoms with Gasteiger partial charge in [0.05, 0.1) is 19.1 Å². The molecular formula is C23H28IN5O. The molecule has 158 valence electrons. The van der Waals surface area contributed by atoms with Crippen LogP contribution in [0.1, 0.15) is 23.5 Å². The van der Waals surface area contributed by atoms with Crippen LogP contribution in [0.25, 0.3) is 5.69 Å². The molecule has 4 rings (SSSR count). The van der Waals surface area contributed by atoms with Crippen molar-refractivity contribution in [1.29, 1.82) is 0 Å². The molecule has 3 aromatic rings. The van der Waals surface area contributed by atoms with E-state index in [1.54, 1.807) is 13.3 Å². The van der Waals surface area contributed by atoms with E-state index in [0.29, 0.717) is 12.5 Å². The predicted octanol–water partition coefficient (Wildman–Crippen LogP) is 4.06. The average molecular weight is 517 g/mol. The smallest absolute Gasteiger partial charge is 0.193 e. The summed E-state index contributed by atoms with van der Waals surface area (Å²) in [5.74, 6) is 2.36. The van der Waals surface area contributed by atoms with Crippen molar-refractivity contribution in [3.8, 4) is 11.4 Å². The molecule has 7 heteroatoms. The first-order chi connectivity index (χ1) is 14.3. The van der Waals surface area contributed by atoms with E-state index in [-0.39, 0.29) is 24.0 Å². The molecule has 1 aliphatic heterocycles. The van der Waals surface area contributed by atoms with E-state index in [4.69, 9.17) is 4.74 Å². The highest BCUT2D eigenvalue weighted by Gasteiger charge is 2.26. The fourth-order valence-corrected chi connectivity index (χ4v) is 3.92. The molecule has 0 saturated carbocycles. The Bertz CT molecular complexity index is 956. The zero-order chi connectivity index (χ0) is 20.1. The number of imidazole rings is 1. The Morgan fingerprint density at radius 2 is 2.00 bits per heavy atom. The second-order valence-electron chi connectivity index (χ2n) is 7.20. The quantitative estimate of drug-likeness (QED) is 0.315. The molecule has 1 aromatic heterocycles. The maximum Gasteiger partial charge on any atom is 0.193 e. The Balaban J connectivity index is 0.00000256. The van der Waals surface area contributed by atoms with Crippen LogP contribution in [0.5, 0.6) is 5.75 Å². The van der Waals surface area contributed by atoms with Crippen molar-refractivity contribution in [1.82, 2.24) is 19.8 Å². The lowest BCUT2D eigenvalue weighted by atomic mass is 9.98. The molecule has 0 amide bonds. The number of benzene rings is 2. The van der Waals surface area contributed by atoms with Crippen LogP contribution in [0.2, 0.25) is 0 Å². The molecular weight excluding hydrogens is 489 g/mol. The van der Waals surface area contributed by atoms with Crippen molar-refractivity contribution < 1.29 is 4.74 Å². The van der Waals surface area contributed by atoms with E-state index in [1.165, 1.54) is 11.1 Å². The van der Waals surface area contributed by atoms with Crippen LogP contribution in [-0.4, -0.2) is 47.7 Å². The number of hydrogen-bond donors (Lipinski definition) is 1. The van der Waals surface area contributed by atoms with Gasteiger partial charge in [-0.2, -0.15) is 0 Å². The second-order valence-corrected chi connectivity index (χ2v) is 7.20. The number of rotatable bonds is 5. The van der Waals surface area contributed by atoms with Crippen molar-refractivity contribution in [2.45, 2.75) is 18.9 Å². The summed E-state index contributed by atoms with van der Waals surface area (Å²) in [4.78, 5) is 11.0. The van der Waals surface area contributed by atoms with E-state index in [2.05, 4.69) is 50.5 Å². The molecule has 30 heavy (non-hydrogen) atoms. The summed E-state index contributed by atoms with van der Waals surface area (Å²) >= 11 is 0. The van der Waals surface area contributed by atoms with Gasteiger partial charge >= 0.3 is 0 Å². The van der Waals surface area contributed by atoms with E-state index in [0.717, 1.165) is 36.9 Å². The van der Waals surface area contributed by atoms with Crippen molar-refractivity contribution >= 4 is 29.9 Å². The van der Waals surface area contributed by atoms with Gasteiger partial charge in [-0.1, -0.05) is 30.3 Å². The summed E-state index contributed by atoms with van der Waals surface area (Å²) in [6.45, 7) is 2.68. The molecule has 1 fully saturated rings. The fourth-order valence-electron chi connectivity index (χ4n) is 3.92. The highest BCUT2D eigenvalue weighted by molar-refractivity contribution is 14.0. The summed E-state index contributed by atoms with van der Waals surface area (Å²) in [6, 6.07) is 16.8. The molecule has 1 saturated heterocycles. The first-order valence-corrected chi connectivity index (χ1v) is 9.94. The number of likely N-dealkylation sites (tertiary alicyclic amines) is 1. The average Bonchev–Trinajstić information content (AvgIpc) is 3.47.